The van der Waals surface area contributed by atoms with Gasteiger partial charge in [-0.25, -0.2) is 0 Å². The van der Waals surface area contributed by atoms with E-state index in [-0.39, 0.29) is 6.42 Å². The Bertz CT molecular complexity index is 777. The predicted octanol–water partition coefficient (Wildman–Crippen LogP) is 5.97. The Hall–Kier alpha value is -2.52. The molecule has 0 spiro atoms. The quantitative estimate of drug-likeness (QED) is 0.517. The smallest absolute Gasteiger partial charge is 0.304 e. The minimum Gasteiger partial charge on any atom is -0.481 e. The van der Waals surface area contributed by atoms with Crippen molar-refractivity contribution in [3.05, 3.63) is 108 Å². The number of carbonyl (C=O) groups is 1. The molecule has 3 aromatic rings. The predicted molar refractivity (Wildman–Crippen MR) is 113 cm³/mol. The molecule has 138 valence electrons. The highest BCUT2D eigenvalue weighted by molar-refractivity contribution is 8.02. The molecule has 0 aromatic heterocycles. The molecular formula is C24H24O2S. The van der Waals surface area contributed by atoms with Crippen molar-refractivity contribution in [2.75, 3.05) is 0 Å². The van der Waals surface area contributed by atoms with Gasteiger partial charge in [0.2, 0.25) is 0 Å². The molecule has 0 fully saturated rings. The molecule has 0 unspecified atom stereocenters. The monoisotopic (exact) mass is 376 g/mol. The second kappa shape index (κ2) is 8.01. The second-order valence-corrected chi connectivity index (χ2v) is 9.13. The molecule has 1 N–H and O–H groups in total. The maximum atomic E-state index is 11.5. The summed E-state index contributed by atoms with van der Waals surface area (Å²) in [6.45, 7) is 4.02. The summed E-state index contributed by atoms with van der Waals surface area (Å²) >= 11 is 1.70. The maximum absolute atomic E-state index is 11.5. The van der Waals surface area contributed by atoms with Crippen molar-refractivity contribution in [2.24, 2.45) is 0 Å². The highest BCUT2D eigenvalue weighted by atomic mass is 32.2. The third-order valence-corrected chi connectivity index (χ3v) is 6.26. The molecule has 0 aliphatic carbocycles. The van der Waals surface area contributed by atoms with Crippen LogP contribution in [0.4, 0.5) is 0 Å². The molecular weight excluding hydrogens is 352 g/mol. The van der Waals surface area contributed by atoms with E-state index in [1.807, 2.05) is 68.4 Å². The second-order valence-electron chi connectivity index (χ2n) is 7.21. The summed E-state index contributed by atoms with van der Waals surface area (Å²) in [5.74, 6) is -0.782. The van der Waals surface area contributed by atoms with Gasteiger partial charge < -0.3 is 5.11 Å². The van der Waals surface area contributed by atoms with Crippen LogP contribution < -0.4 is 0 Å². The number of carboxylic acid groups (broad SMARTS) is 1. The molecule has 27 heavy (non-hydrogen) atoms. The number of rotatable bonds is 7. The zero-order valence-corrected chi connectivity index (χ0v) is 16.4. The first-order valence-electron chi connectivity index (χ1n) is 9.03. The molecule has 0 amide bonds. The molecule has 0 saturated carbocycles. The summed E-state index contributed by atoms with van der Waals surface area (Å²) in [5, 5.41) is 9.44. The first kappa shape index (κ1) is 19.2. The average Bonchev–Trinajstić information content (AvgIpc) is 2.67. The number of carboxylic acids is 1. The number of aliphatic carboxylic acids is 1. The minimum absolute atomic E-state index is 0.0892. The van der Waals surface area contributed by atoms with Crippen molar-refractivity contribution >= 4 is 17.7 Å². The van der Waals surface area contributed by atoms with Crippen LogP contribution in [0.2, 0.25) is 0 Å². The fraction of sp³-hybridized carbons (Fsp3) is 0.208. The SMILES string of the molecule is CC(C)(CC(=O)O)SC(c1ccccc1)(c1ccccc1)c1ccccc1. The van der Waals surface area contributed by atoms with E-state index in [2.05, 4.69) is 36.4 Å². The van der Waals surface area contributed by atoms with Crippen LogP contribution in [0, 0.1) is 0 Å². The van der Waals surface area contributed by atoms with Crippen LogP contribution in [0.5, 0.6) is 0 Å². The molecule has 0 bridgehead atoms. The fourth-order valence-corrected chi connectivity index (χ4v) is 5.30. The number of thioether (sulfide) groups is 1. The van der Waals surface area contributed by atoms with Crippen LogP contribution >= 0.6 is 11.8 Å². The molecule has 3 rings (SSSR count). The third-order valence-electron chi connectivity index (χ3n) is 4.55. The van der Waals surface area contributed by atoms with Crippen molar-refractivity contribution in [1.82, 2.24) is 0 Å². The average molecular weight is 377 g/mol. The zero-order chi connectivity index (χ0) is 19.3. The van der Waals surface area contributed by atoms with Crippen LogP contribution in [0.15, 0.2) is 91.0 Å². The Balaban J connectivity index is 2.28. The highest BCUT2D eigenvalue weighted by Crippen LogP contribution is 2.53. The summed E-state index contributed by atoms with van der Waals surface area (Å²) < 4.78 is -0.962. The number of hydrogen-bond acceptors (Lipinski definition) is 2. The van der Waals surface area contributed by atoms with E-state index in [4.69, 9.17) is 0 Å². The number of benzene rings is 3. The molecule has 0 saturated heterocycles. The normalized spacial score (nSPS) is 11.9. The number of hydrogen-bond donors (Lipinski definition) is 1. The zero-order valence-electron chi connectivity index (χ0n) is 15.6. The summed E-state index contributed by atoms with van der Waals surface area (Å²) in [7, 11) is 0. The van der Waals surface area contributed by atoms with E-state index in [0.717, 1.165) is 16.7 Å². The van der Waals surface area contributed by atoms with Crippen molar-refractivity contribution in [2.45, 2.75) is 29.8 Å². The van der Waals surface area contributed by atoms with Crippen molar-refractivity contribution in [3.8, 4) is 0 Å². The molecule has 3 aromatic carbocycles. The van der Waals surface area contributed by atoms with E-state index in [0.29, 0.717) is 0 Å². The van der Waals surface area contributed by atoms with Gasteiger partial charge in [-0.05, 0) is 16.7 Å². The Morgan fingerprint density at radius 2 is 1.07 bits per heavy atom. The molecule has 0 aliphatic heterocycles. The van der Waals surface area contributed by atoms with E-state index in [9.17, 15) is 9.90 Å². The van der Waals surface area contributed by atoms with Gasteiger partial charge in [-0.2, -0.15) is 0 Å². The van der Waals surface area contributed by atoms with Gasteiger partial charge in [0.25, 0.3) is 0 Å². The van der Waals surface area contributed by atoms with Gasteiger partial charge in [0.1, 0.15) is 0 Å². The van der Waals surface area contributed by atoms with Crippen molar-refractivity contribution in [1.29, 1.82) is 0 Å². The lowest BCUT2D eigenvalue weighted by molar-refractivity contribution is -0.137. The van der Waals surface area contributed by atoms with Gasteiger partial charge in [-0.15, -0.1) is 11.8 Å². The first-order chi connectivity index (χ1) is 12.9. The standard InChI is InChI=1S/C24H24O2S/c1-23(2,18-22(25)26)27-24(19-12-6-3-7-13-19,20-14-8-4-9-15-20)21-16-10-5-11-17-21/h3-17H,18H2,1-2H3,(H,25,26). The van der Waals surface area contributed by atoms with Crippen LogP contribution in [0.3, 0.4) is 0 Å². The van der Waals surface area contributed by atoms with Crippen LogP contribution in [0.25, 0.3) is 0 Å². The minimum atomic E-state index is -0.782. The van der Waals surface area contributed by atoms with E-state index >= 15 is 0 Å². The molecule has 3 heteroatoms. The van der Waals surface area contributed by atoms with Crippen LogP contribution in [-0.4, -0.2) is 15.8 Å². The fourth-order valence-electron chi connectivity index (χ4n) is 3.51. The summed E-state index contributed by atoms with van der Waals surface area (Å²) in [5.41, 5.74) is 3.43. The van der Waals surface area contributed by atoms with Gasteiger partial charge in [-0.3, -0.25) is 4.79 Å². The van der Waals surface area contributed by atoms with E-state index in [1.54, 1.807) is 11.8 Å². The van der Waals surface area contributed by atoms with Crippen molar-refractivity contribution < 1.29 is 9.90 Å². The Morgan fingerprint density at radius 1 is 0.741 bits per heavy atom. The van der Waals surface area contributed by atoms with E-state index in [1.165, 1.54) is 0 Å². The summed E-state index contributed by atoms with van der Waals surface area (Å²) in [6.07, 6.45) is 0.0892. The van der Waals surface area contributed by atoms with Gasteiger partial charge in [-0.1, -0.05) is 105 Å². The van der Waals surface area contributed by atoms with Crippen LogP contribution in [0.1, 0.15) is 37.0 Å². The lowest BCUT2D eigenvalue weighted by Gasteiger charge is -2.41. The van der Waals surface area contributed by atoms with Gasteiger partial charge in [0, 0.05) is 4.75 Å². The first-order valence-corrected chi connectivity index (χ1v) is 9.84. The summed E-state index contributed by atoms with van der Waals surface area (Å²) in [4.78, 5) is 11.5. The Morgan fingerprint density at radius 3 is 1.37 bits per heavy atom. The summed E-state index contributed by atoms with van der Waals surface area (Å²) in [6, 6.07) is 31.1. The molecule has 0 heterocycles. The topological polar surface area (TPSA) is 37.3 Å². The van der Waals surface area contributed by atoms with E-state index < -0.39 is 15.5 Å². The Labute approximate surface area is 165 Å². The molecule has 0 aliphatic rings. The van der Waals surface area contributed by atoms with Crippen LogP contribution in [-0.2, 0) is 9.54 Å². The Kier molecular flexibility index (Phi) is 5.71. The lowest BCUT2D eigenvalue weighted by Crippen LogP contribution is -2.33. The van der Waals surface area contributed by atoms with Crippen molar-refractivity contribution in [3.63, 3.8) is 0 Å². The molecule has 0 atom stereocenters. The van der Waals surface area contributed by atoms with Gasteiger partial charge >= 0.3 is 5.97 Å². The molecule has 0 radical (unpaired) electrons. The third kappa shape index (κ3) is 4.25. The van der Waals surface area contributed by atoms with Gasteiger partial charge in [0.05, 0.1) is 11.2 Å². The lowest BCUT2D eigenvalue weighted by atomic mass is 9.84. The largest absolute Gasteiger partial charge is 0.481 e. The van der Waals surface area contributed by atoms with Gasteiger partial charge in [0.15, 0.2) is 0 Å². The maximum Gasteiger partial charge on any atom is 0.304 e. The highest BCUT2D eigenvalue weighted by Gasteiger charge is 2.42. The molecule has 2 nitrogen and oxygen atoms in total.